The fourth-order valence-corrected chi connectivity index (χ4v) is 2.31. The van der Waals surface area contributed by atoms with Gasteiger partial charge in [0.05, 0.1) is 5.92 Å². The van der Waals surface area contributed by atoms with E-state index in [1.54, 1.807) is 0 Å². The van der Waals surface area contributed by atoms with Crippen LogP contribution in [-0.2, 0) is 11.3 Å². The van der Waals surface area contributed by atoms with Crippen molar-refractivity contribution in [3.63, 3.8) is 0 Å². The van der Waals surface area contributed by atoms with Gasteiger partial charge in [0.25, 0.3) is 0 Å². The molecule has 100 valence electrons. The highest BCUT2D eigenvalue weighted by Crippen LogP contribution is 2.19. The van der Waals surface area contributed by atoms with Crippen LogP contribution in [0.5, 0.6) is 0 Å². The molecule has 0 unspecified atom stereocenters. The molecule has 2 rings (SSSR count). The van der Waals surface area contributed by atoms with Crippen molar-refractivity contribution in [1.82, 2.24) is 4.90 Å². The molecule has 5 heteroatoms. The van der Waals surface area contributed by atoms with E-state index in [1.807, 2.05) is 24.3 Å². The zero-order chi connectivity index (χ0) is 12.3. The third-order valence-corrected chi connectivity index (χ3v) is 3.51. The van der Waals surface area contributed by atoms with Gasteiger partial charge in [-0.1, -0.05) is 23.7 Å². The number of hydrogen-bond acceptors (Lipinski definition) is 2. The van der Waals surface area contributed by atoms with Gasteiger partial charge in [0.1, 0.15) is 0 Å². The first kappa shape index (κ1) is 15.3. The van der Waals surface area contributed by atoms with Crippen molar-refractivity contribution in [1.29, 1.82) is 0 Å². The van der Waals surface area contributed by atoms with E-state index in [-0.39, 0.29) is 18.3 Å². The fourth-order valence-electron chi connectivity index (χ4n) is 2.19. The molecule has 1 aliphatic rings. The Morgan fingerprint density at radius 3 is 2.33 bits per heavy atom. The highest BCUT2D eigenvalue weighted by Gasteiger charge is 2.24. The highest BCUT2D eigenvalue weighted by atomic mass is 35.5. The zero-order valence-corrected chi connectivity index (χ0v) is 11.6. The molecule has 1 aliphatic heterocycles. The summed E-state index contributed by atoms with van der Waals surface area (Å²) in [6.07, 6.45) is 1.51. The Balaban J connectivity index is 0.00000162. The summed E-state index contributed by atoms with van der Waals surface area (Å²) in [5.41, 5.74) is 1.23. The van der Waals surface area contributed by atoms with Crippen LogP contribution in [0.15, 0.2) is 24.3 Å². The summed E-state index contributed by atoms with van der Waals surface area (Å²) in [5.74, 6) is -0.812. The Morgan fingerprint density at radius 2 is 1.83 bits per heavy atom. The van der Waals surface area contributed by atoms with Crippen molar-refractivity contribution in [2.24, 2.45) is 5.92 Å². The van der Waals surface area contributed by atoms with Crippen LogP contribution in [0.25, 0.3) is 0 Å². The minimum absolute atomic E-state index is 0. The third kappa shape index (κ3) is 4.16. The first-order chi connectivity index (χ1) is 8.15. The topological polar surface area (TPSA) is 40.5 Å². The quantitative estimate of drug-likeness (QED) is 0.930. The molecule has 18 heavy (non-hydrogen) atoms. The smallest absolute Gasteiger partial charge is 0.306 e. The minimum atomic E-state index is -0.656. The standard InChI is InChI=1S/C13H16ClNO2.ClH/c14-12-3-1-10(2-4-12)9-15-7-5-11(6-8-15)13(16)17;/h1-4,11H,5-9H2,(H,16,17);1H. The lowest BCUT2D eigenvalue weighted by molar-refractivity contribution is -0.143. The maximum Gasteiger partial charge on any atom is 0.306 e. The maximum atomic E-state index is 10.8. The number of carbonyl (C=O) groups is 1. The SMILES string of the molecule is Cl.O=C(O)C1CCN(Cc2ccc(Cl)cc2)CC1. The van der Waals surface area contributed by atoms with Gasteiger partial charge in [0, 0.05) is 11.6 Å². The van der Waals surface area contributed by atoms with Gasteiger partial charge in [-0.15, -0.1) is 12.4 Å². The van der Waals surface area contributed by atoms with Crippen LogP contribution >= 0.6 is 24.0 Å². The number of piperidine rings is 1. The van der Waals surface area contributed by atoms with Crippen LogP contribution in [0.1, 0.15) is 18.4 Å². The van der Waals surface area contributed by atoms with Crippen molar-refractivity contribution in [2.75, 3.05) is 13.1 Å². The second kappa shape index (κ2) is 6.98. The molecular formula is C13H17Cl2NO2. The summed E-state index contributed by atoms with van der Waals surface area (Å²) >= 11 is 5.83. The summed E-state index contributed by atoms with van der Waals surface area (Å²) in [6.45, 7) is 2.60. The molecular weight excluding hydrogens is 273 g/mol. The maximum absolute atomic E-state index is 10.8. The number of carboxylic acid groups (broad SMARTS) is 1. The van der Waals surface area contributed by atoms with Crippen molar-refractivity contribution in [3.8, 4) is 0 Å². The second-order valence-electron chi connectivity index (χ2n) is 4.52. The summed E-state index contributed by atoms with van der Waals surface area (Å²) in [6, 6.07) is 7.82. The molecule has 0 amide bonds. The Kier molecular flexibility index (Phi) is 5.93. The number of aliphatic carboxylic acids is 1. The van der Waals surface area contributed by atoms with Gasteiger partial charge in [0.2, 0.25) is 0 Å². The molecule has 0 spiro atoms. The lowest BCUT2D eigenvalue weighted by atomic mass is 9.97. The molecule has 1 N–H and O–H groups in total. The largest absolute Gasteiger partial charge is 0.481 e. The average Bonchev–Trinajstić information content (AvgIpc) is 2.33. The molecule has 1 aromatic carbocycles. The first-order valence-corrected chi connectivity index (χ1v) is 6.22. The third-order valence-electron chi connectivity index (χ3n) is 3.26. The molecule has 0 saturated carbocycles. The van der Waals surface area contributed by atoms with Gasteiger partial charge in [-0.2, -0.15) is 0 Å². The van der Waals surface area contributed by atoms with E-state index >= 15 is 0 Å². The molecule has 1 fully saturated rings. The molecule has 1 aromatic rings. The number of rotatable bonds is 3. The zero-order valence-electron chi connectivity index (χ0n) is 10.0. The van der Waals surface area contributed by atoms with Crippen molar-refractivity contribution in [3.05, 3.63) is 34.9 Å². The van der Waals surface area contributed by atoms with Crippen LogP contribution in [0, 0.1) is 5.92 Å². The van der Waals surface area contributed by atoms with Crippen molar-refractivity contribution < 1.29 is 9.90 Å². The molecule has 1 heterocycles. The van der Waals surface area contributed by atoms with E-state index in [4.69, 9.17) is 16.7 Å². The summed E-state index contributed by atoms with van der Waals surface area (Å²) in [7, 11) is 0. The van der Waals surface area contributed by atoms with E-state index in [0.29, 0.717) is 0 Å². The lowest BCUT2D eigenvalue weighted by Gasteiger charge is -2.29. The van der Waals surface area contributed by atoms with Crippen molar-refractivity contribution >= 4 is 30.0 Å². The molecule has 0 radical (unpaired) electrons. The lowest BCUT2D eigenvalue weighted by Crippen LogP contribution is -2.35. The van der Waals surface area contributed by atoms with Gasteiger partial charge in [0.15, 0.2) is 0 Å². The predicted molar refractivity (Wildman–Crippen MR) is 74.3 cm³/mol. The average molecular weight is 290 g/mol. The molecule has 3 nitrogen and oxygen atoms in total. The monoisotopic (exact) mass is 289 g/mol. The van der Waals surface area contributed by atoms with E-state index in [2.05, 4.69) is 4.90 Å². The summed E-state index contributed by atoms with van der Waals surface area (Å²) < 4.78 is 0. The van der Waals surface area contributed by atoms with E-state index < -0.39 is 5.97 Å². The van der Waals surface area contributed by atoms with Gasteiger partial charge in [-0.25, -0.2) is 0 Å². The number of nitrogens with zero attached hydrogens (tertiary/aromatic N) is 1. The highest BCUT2D eigenvalue weighted by molar-refractivity contribution is 6.30. The molecule has 0 aliphatic carbocycles. The van der Waals surface area contributed by atoms with Crippen LogP contribution in [0.3, 0.4) is 0 Å². The van der Waals surface area contributed by atoms with Gasteiger partial charge in [-0.3, -0.25) is 9.69 Å². The van der Waals surface area contributed by atoms with Gasteiger partial charge < -0.3 is 5.11 Å². The van der Waals surface area contributed by atoms with Gasteiger partial charge in [-0.05, 0) is 43.6 Å². The number of benzene rings is 1. The van der Waals surface area contributed by atoms with E-state index in [1.165, 1.54) is 5.56 Å². The predicted octanol–water partition coefficient (Wildman–Crippen LogP) is 3.06. The number of hydrogen-bond donors (Lipinski definition) is 1. The molecule has 0 bridgehead atoms. The van der Waals surface area contributed by atoms with Gasteiger partial charge >= 0.3 is 5.97 Å². The molecule has 0 aromatic heterocycles. The fraction of sp³-hybridized carbons (Fsp3) is 0.462. The Morgan fingerprint density at radius 1 is 1.28 bits per heavy atom. The van der Waals surface area contributed by atoms with Crippen LogP contribution in [0.4, 0.5) is 0 Å². The van der Waals surface area contributed by atoms with E-state index in [9.17, 15) is 4.79 Å². The summed E-state index contributed by atoms with van der Waals surface area (Å²) in [4.78, 5) is 13.1. The van der Waals surface area contributed by atoms with E-state index in [0.717, 1.165) is 37.5 Å². The Bertz CT molecular complexity index is 386. The molecule has 1 saturated heterocycles. The minimum Gasteiger partial charge on any atom is -0.481 e. The first-order valence-electron chi connectivity index (χ1n) is 5.85. The van der Waals surface area contributed by atoms with Crippen LogP contribution in [-0.4, -0.2) is 29.1 Å². The normalized spacial score (nSPS) is 17.2. The van der Waals surface area contributed by atoms with Crippen LogP contribution in [0.2, 0.25) is 5.02 Å². The van der Waals surface area contributed by atoms with Crippen LogP contribution < -0.4 is 0 Å². The molecule has 0 atom stereocenters. The number of carboxylic acids is 1. The number of likely N-dealkylation sites (tertiary alicyclic amines) is 1. The Labute approximate surface area is 118 Å². The second-order valence-corrected chi connectivity index (χ2v) is 4.95. The Hall–Kier alpha value is -0.770. The summed E-state index contributed by atoms with van der Waals surface area (Å²) in [5, 5.41) is 9.66. The number of halogens is 2. The van der Waals surface area contributed by atoms with Crippen molar-refractivity contribution in [2.45, 2.75) is 19.4 Å².